The number of amides is 3. The van der Waals surface area contributed by atoms with Crippen LogP contribution in [0.2, 0.25) is 5.02 Å². The molecule has 252 valence electrons. The van der Waals surface area contributed by atoms with Crippen LogP contribution in [0.15, 0.2) is 97.1 Å². The summed E-state index contributed by atoms with van der Waals surface area (Å²) < 4.78 is 15.2. The molecule has 4 aromatic carbocycles. The standard InChI is InChI=1S/C36H28ClFN6O6/c1-19-31(44(50)32(39-19)25-8-5-9-26(37)30(25)38)35(47)43-28(34(46)41-24-14-15-27-22(17-24)18-29(42-27)36(48)49)16-20-10-12-23(13-11-20)40-33(45)21-6-3-2-4-7-21/h2-15,17-18,28,42,50H,16H2,1H3,(H,40,45)(H,41,46)(H,43,47)(H,48,49)/t28-/m0/s1. The van der Waals surface area contributed by atoms with Gasteiger partial charge in [-0.1, -0.05) is 48.0 Å². The second kappa shape index (κ2) is 13.9. The van der Waals surface area contributed by atoms with Crippen LogP contribution in [0.1, 0.15) is 42.6 Å². The molecular formula is C36H28ClFN6O6. The highest BCUT2D eigenvalue weighted by atomic mass is 35.5. The maximum Gasteiger partial charge on any atom is 0.352 e. The van der Waals surface area contributed by atoms with Gasteiger partial charge in [0.1, 0.15) is 11.7 Å². The first-order valence-corrected chi connectivity index (χ1v) is 15.5. The van der Waals surface area contributed by atoms with Crippen molar-refractivity contribution >= 4 is 57.6 Å². The number of halogens is 2. The van der Waals surface area contributed by atoms with Gasteiger partial charge in [-0.2, -0.15) is 4.73 Å². The molecule has 6 aromatic rings. The van der Waals surface area contributed by atoms with E-state index in [1.807, 2.05) is 0 Å². The van der Waals surface area contributed by atoms with Crippen LogP contribution in [-0.2, 0) is 11.2 Å². The number of aromatic carboxylic acids is 1. The SMILES string of the molecule is Cc1nc(-c2cccc(Cl)c2F)n(O)c1C(=O)N[C@@H](Cc1ccc(NC(=O)c2ccccc2)cc1)C(=O)Nc1ccc2[nH]c(C(=O)O)cc2c1. The van der Waals surface area contributed by atoms with Crippen LogP contribution in [0.5, 0.6) is 0 Å². The number of benzene rings is 4. The average molecular weight is 695 g/mol. The van der Waals surface area contributed by atoms with E-state index in [9.17, 15) is 33.9 Å². The second-order valence-electron chi connectivity index (χ2n) is 11.3. The van der Waals surface area contributed by atoms with Gasteiger partial charge in [-0.05, 0) is 73.2 Å². The van der Waals surface area contributed by atoms with Crippen molar-refractivity contribution in [3.63, 3.8) is 0 Å². The summed E-state index contributed by atoms with van der Waals surface area (Å²) in [6.07, 6.45) is -0.0194. The van der Waals surface area contributed by atoms with Gasteiger partial charge in [-0.15, -0.1) is 0 Å². The van der Waals surface area contributed by atoms with Gasteiger partial charge in [-0.3, -0.25) is 14.4 Å². The van der Waals surface area contributed by atoms with Crippen molar-refractivity contribution in [1.82, 2.24) is 20.0 Å². The van der Waals surface area contributed by atoms with Crippen molar-refractivity contribution in [2.24, 2.45) is 0 Å². The van der Waals surface area contributed by atoms with E-state index in [4.69, 9.17) is 11.6 Å². The first kappa shape index (κ1) is 33.4. The van der Waals surface area contributed by atoms with Gasteiger partial charge >= 0.3 is 5.97 Å². The van der Waals surface area contributed by atoms with E-state index < -0.39 is 29.6 Å². The summed E-state index contributed by atoms with van der Waals surface area (Å²) in [4.78, 5) is 58.4. The summed E-state index contributed by atoms with van der Waals surface area (Å²) in [6.45, 7) is 1.45. The summed E-state index contributed by atoms with van der Waals surface area (Å²) in [5, 5.41) is 28.8. The molecule has 0 unspecified atom stereocenters. The van der Waals surface area contributed by atoms with E-state index in [-0.39, 0.29) is 45.8 Å². The van der Waals surface area contributed by atoms with E-state index in [0.717, 1.165) is 0 Å². The molecule has 0 saturated heterocycles. The zero-order chi connectivity index (χ0) is 35.5. The van der Waals surface area contributed by atoms with Crippen LogP contribution >= 0.6 is 11.6 Å². The van der Waals surface area contributed by atoms with Crippen LogP contribution < -0.4 is 16.0 Å². The lowest BCUT2D eigenvalue weighted by molar-refractivity contribution is -0.118. The number of imidazole rings is 1. The minimum absolute atomic E-state index is 0.0194. The van der Waals surface area contributed by atoms with Crippen LogP contribution in [0.25, 0.3) is 22.3 Å². The molecule has 0 radical (unpaired) electrons. The zero-order valence-corrected chi connectivity index (χ0v) is 27.0. The molecule has 1 atom stereocenters. The van der Waals surface area contributed by atoms with Crippen molar-refractivity contribution in [3.8, 4) is 11.4 Å². The number of aryl methyl sites for hydroxylation is 1. The predicted molar refractivity (Wildman–Crippen MR) is 184 cm³/mol. The van der Waals surface area contributed by atoms with Crippen molar-refractivity contribution in [2.75, 3.05) is 10.6 Å². The second-order valence-corrected chi connectivity index (χ2v) is 11.7. The largest absolute Gasteiger partial charge is 0.477 e. The monoisotopic (exact) mass is 694 g/mol. The van der Waals surface area contributed by atoms with E-state index in [1.54, 1.807) is 72.8 Å². The fourth-order valence-electron chi connectivity index (χ4n) is 5.37. The van der Waals surface area contributed by atoms with Crippen LogP contribution in [0.4, 0.5) is 15.8 Å². The molecule has 6 N–H and O–H groups in total. The highest BCUT2D eigenvalue weighted by molar-refractivity contribution is 6.31. The number of fused-ring (bicyclic) bond motifs is 1. The average Bonchev–Trinajstić information content (AvgIpc) is 3.66. The first-order valence-electron chi connectivity index (χ1n) is 15.1. The lowest BCUT2D eigenvalue weighted by Gasteiger charge is -2.19. The highest BCUT2D eigenvalue weighted by Crippen LogP contribution is 2.28. The fraction of sp³-hybridized carbons (Fsp3) is 0.0833. The minimum atomic E-state index is -1.22. The lowest BCUT2D eigenvalue weighted by atomic mass is 10.0. The van der Waals surface area contributed by atoms with E-state index in [2.05, 4.69) is 25.9 Å². The summed E-state index contributed by atoms with van der Waals surface area (Å²) >= 11 is 5.92. The molecule has 0 spiro atoms. The van der Waals surface area contributed by atoms with Crippen LogP contribution in [-0.4, -0.2) is 54.7 Å². The number of hydrogen-bond donors (Lipinski definition) is 6. The maximum absolute atomic E-state index is 14.8. The number of nitrogens with one attached hydrogen (secondary N) is 4. The number of carbonyl (C=O) groups is 4. The molecule has 0 aliphatic carbocycles. The number of H-pyrrole nitrogens is 1. The summed E-state index contributed by atoms with van der Waals surface area (Å²) in [5.41, 5.74) is 2.05. The minimum Gasteiger partial charge on any atom is -0.477 e. The summed E-state index contributed by atoms with van der Waals surface area (Å²) in [5.74, 6) is -4.04. The van der Waals surface area contributed by atoms with Gasteiger partial charge in [0.2, 0.25) is 5.91 Å². The van der Waals surface area contributed by atoms with E-state index in [0.29, 0.717) is 38.1 Å². The number of nitrogens with zero attached hydrogens (tertiary/aromatic N) is 2. The molecule has 0 bridgehead atoms. The zero-order valence-electron chi connectivity index (χ0n) is 26.2. The Morgan fingerprint density at radius 1 is 0.900 bits per heavy atom. The van der Waals surface area contributed by atoms with Gasteiger partial charge in [0, 0.05) is 34.3 Å². The van der Waals surface area contributed by atoms with Gasteiger partial charge in [-0.25, -0.2) is 14.2 Å². The third-order valence-electron chi connectivity index (χ3n) is 7.86. The molecular weight excluding hydrogens is 667 g/mol. The molecule has 0 aliphatic heterocycles. The Morgan fingerprint density at radius 2 is 1.62 bits per heavy atom. The van der Waals surface area contributed by atoms with E-state index in [1.165, 1.54) is 31.2 Å². The number of rotatable bonds is 10. The molecule has 2 aromatic heterocycles. The number of hydrogen-bond acceptors (Lipinski definition) is 6. The third kappa shape index (κ3) is 7.03. The Bertz CT molecular complexity index is 2270. The van der Waals surface area contributed by atoms with Gasteiger partial charge in [0.25, 0.3) is 11.8 Å². The third-order valence-corrected chi connectivity index (χ3v) is 8.16. The van der Waals surface area contributed by atoms with Crippen molar-refractivity contribution in [3.05, 3.63) is 136 Å². The molecule has 14 heteroatoms. The van der Waals surface area contributed by atoms with Crippen molar-refractivity contribution in [2.45, 2.75) is 19.4 Å². The predicted octanol–water partition coefficient (Wildman–Crippen LogP) is 6.30. The fourth-order valence-corrected chi connectivity index (χ4v) is 5.55. The maximum atomic E-state index is 14.8. The van der Waals surface area contributed by atoms with Gasteiger partial charge in [0.05, 0.1) is 16.3 Å². The lowest BCUT2D eigenvalue weighted by Crippen LogP contribution is -2.46. The normalized spacial score (nSPS) is 11.6. The van der Waals surface area contributed by atoms with E-state index >= 15 is 0 Å². The molecule has 12 nitrogen and oxygen atoms in total. The first-order chi connectivity index (χ1) is 24.0. The molecule has 50 heavy (non-hydrogen) atoms. The highest BCUT2D eigenvalue weighted by Gasteiger charge is 2.28. The van der Waals surface area contributed by atoms with Crippen molar-refractivity contribution in [1.29, 1.82) is 0 Å². The van der Waals surface area contributed by atoms with Crippen LogP contribution in [0.3, 0.4) is 0 Å². The Labute approximate surface area is 288 Å². The number of aromatic amines is 1. The number of carboxylic acids is 1. The van der Waals surface area contributed by atoms with Crippen LogP contribution in [0, 0.1) is 12.7 Å². The molecule has 0 aliphatic rings. The number of aromatic nitrogens is 3. The topological polar surface area (TPSA) is 178 Å². The smallest absolute Gasteiger partial charge is 0.352 e. The Balaban J connectivity index is 1.26. The Kier molecular flexibility index (Phi) is 9.32. The molecule has 3 amide bonds. The molecule has 0 fully saturated rings. The molecule has 0 saturated carbocycles. The van der Waals surface area contributed by atoms with Crippen molar-refractivity contribution < 1.29 is 33.9 Å². The Hall–Kier alpha value is -6.47. The molecule has 6 rings (SSSR count). The number of carboxylic acid groups (broad SMARTS) is 1. The summed E-state index contributed by atoms with van der Waals surface area (Å²) in [7, 11) is 0. The quantitative estimate of drug-likeness (QED) is 0.0911. The number of carbonyl (C=O) groups excluding carboxylic acids is 3. The van der Waals surface area contributed by atoms with Gasteiger partial charge in [0.15, 0.2) is 17.3 Å². The molecule has 2 heterocycles. The van der Waals surface area contributed by atoms with Gasteiger partial charge < -0.3 is 31.2 Å². The number of anilines is 2. The summed E-state index contributed by atoms with van der Waals surface area (Å²) in [6, 6.07) is 24.5. The Morgan fingerprint density at radius 3 is 2.34 bits per heavy atom.